The normalized spacial score (nSPS) is 17.7. The lowest BCUT2D eigenvalue weighted by Crippen LogP contribution is -2.35. The number of rotatable bonds is 5. The number of fused-ring (bicyclic) bond motifs is 1. The molecule has 1 aliphatic heterocycles. The van der Waals surface area contributed by atoms with E-state index in [4.69, 9.17) is 4.74 Å². The molecule has 0 amide bonds. The summed E-state index contributed by atoms with van der Waals surface area (Å²) >= 11 is 0. The third-order valence-corrected chi connectivity index (χ3v) is 4.61. The number of alkyl halides is 4. The summed E-state index contributed by atoms with van der Waals surface area (Å²) in [6.45, 7) is -1.69. The number of nitrogens with zero attached hydrogens (tertiary/aromatic N) is 1. The van der Waals surface area contributed by atoms with E-state index in [9.17, 15) is 27.1 Å². The minimum atomic E-state index is -3.18. The van der Waals surface area contributed by atoms with Crippen LogP contribution in [0.1, 0.15) is 18.2 Å². The van der Waals surface area contributed by atoms with Gasteiger partial charge in [0, 0.05) is 11.1 Å². The quantitative estimate of drug-likeness (QED) is 0.808. The summed E-state index contributed by atoms with van der Waals surface area (Å²) in [5.74, 6) is -0.482. The zero-order chi connectivity index (χ0) is 19.1. The second-order valence-corrected chi connectivity index (χ2v) is 6.52. The Kier molecular flexibility index (Phi) is 4.64. The average molecular weight is 373 g/mol. The first-order chi connectivity index (χ1) is 12.2. The molecule has 0 saturated heterocycles. The van der Waals surface area contributed by atoms with Gasteiger partial charge >= 0.3 is 0 Å². The SMILES string of the molecule is C[C@](O)(c1cc2c(c(-c3ccc(F)cc3)n1)OCC2(CF)CF)C(F)F. The number of ether oxygens (including phenoxy) is 1. The molecule has 2 heterocycles. The molecule has 1 atom stereocenters. The van der Waals surface area contributed by atoms with E-state index < -0.39 is 42.3 Å². The van der Waals surface area contributed by atoms with Gasteiger partial charge in [0.25, 0.3) is 6.43 Å². The lowest BCUT2D eigenvalue weighted by atomic mass is 9.83. The maximum Gasteiger partial charge on any atom is 0.272 e. The summed E-state index contributed by atoms with van der Waals surface area (Å²) in [6.07, 6.45) is -3.18. The molecule has 0 fully saturated rings. The summed E-state index contributed by atoms with van der Waals surface area (Å²) in [5, 5.41) is 10.1. The van der Waals surface area contributed by atoms with Crippen molar-refractivity contribution in [1.82, 2.24) is 4.98 Å². The lowest BCUT2D eigenvalue weighted by molar-refractivity contribution is -0.0910. The van der Waals surface area contributed by atoms with Crippen LogP contribution in [-0.4, -0.2) is 36.5 Å². The molecule has 140 valence electrons. The Bertz CT molecular complexity index is 804. The molecule has 0 bridgehead atoms. The van der Waals surface area contributed by atoms with Crippen molar-refractivity contribution in [2.75, 3.05) is 20.0 Å². The second-order valence-electron chi connectivity index (χ2n) is 6.52. The molecule has 0 saturated carbocycles. The fourth-order valence-electron chi connectivity index (χ4n) is 2.79. The van der Waals surface area contributed by atoms with E-state index in [0.717, 1.165) is 25.1 Å². The number of hydrogen-bond donors (Lipinski definition) is 1. The van der Waals surface area contributed by atoms with Crippen molar-refractivity contribution in [3.63, 3.8) is 0 Å². The van der Waals surface area contributed by atoms with Gasteiger partial charge in [-0.25, -0.2) is 26.9 Å². The highest BCUT2D eigenvalue weighted by Gasteiger charge is 2.46. The van der Waals surface area contributed by atoms with E-state index in [0.29, 0.717) is 5.56 Å². The van der Waals surface area contributed by atoms with Crippen molar-refractivity contribution in [3.8, 4) is 17.0 Å². The average Bonchev–Trinajstić information content (AvgIpc) is 3.00. The third-order valence-electron chi connectivity index (χ3n) is 4.61. The van der Waals surface area contributed by atoms with Crippen LogP contribution in [-0.2, 0) is 11.0 Å². The van der Waals surface area contributed by atoms with Gasteiger partial charge in [0.15, 0.2) is 5.60 Å². The maximum atomic E-state index is 13.6. The monoisotopic (exact) mass is 373 g/mol. The van der Waals surface area contributed by atoms with Crippen molar-refractivity contribution < 1.29 is 31.8 Å². The Morgan fingerprint density at radius 1 is 1.23 bits per heavy atom. The first-order valence-electron chi connectivity index (χ1n) is 7.82. The first kappa shape index (κ1) is 18.6. The minimum Gasteiger partial charge on any atom is -0.490 e. The zero-order valence-corrected chi connectivity index (χ0v) is 13.8. The number of halogens is 5. The van der Waals surface area contributed by atoms with Crippen LogP contribution in [0.4, 0.5) is 22.0 Å². The standard InChI is InChI=1S/C18H16F5NO2/c1-17(25,16(22)23)13-6-12-15(26-9-18(12,7-19)8-20)14(24-13)10-2-4-11(21)5-3-10/h2-6,16,25H,7-9H2,1H3/t17-/m0/s1. The topological polar surface area (TPSA) is 42.4 Å². The fraction of sp³-hybridized carbons (Fsp3) is 0.389. The van der Waals surface area contributed by atoms with Crippen molar-refractivity contribution >= 4 is 0 Å². The smallest absolute Gasteiger partial charge is 0.272 e. The van der Waals surface area contributed by atoms with Gasteiger partial charge < -0.3 is 9.84 Å². The van der Waals surface area contributed by atoms with Crippen LogP contribution in [0.15, 0.2) is 30.3 Å². The van der Waals surface area contributed by atoms with Gasteiger partial charge in [0.2, 0.25) is 0 Å². The zero-order valence-electron chi connectivity index (χ0n) is 13.8. The second kappa shape index (κ2) is 6.50. The predicted molar refractivity (Wildman–Crippen MR) is 84.3 cm³/mol. The van der Waals surface area contributed by atoms with Gasteiger partial charge in [-0.1, -0.05) is 0 Å². The number of benzene rings is 1. The lowest BCUT2D eigenvalue weighted by Gasteiger charge is -2.25. The molecule has 0 unspecified atom stereocenters. The molecule has 1 N–H and O–H groups in total. The molecular formula is C18H16F5NO2. The fourth-order valence-corrected chi connectivity index (χ4v) is 2.79. The summed E-state index contributed by atoms with van der Waals surface area (Å²) in [5.41, 5.74) is -4.38. The molecule has 0 aliphatic carbocycles. The molecule has 8 heteroatoms. The molecule has 3 nitrogen and oxygen atoms in total. The Hall–Kier alpha value is -2.22. The summed E-state index contributed by atoms with van der Waals surface area (Å²) in [7, 11) is 0. The van der Waals surface area contributed by atoms with E-state index in [2.05, 4.69) is 4.98 Å². The molecule has 2 aromatic rings. The van der Waals surface area contributed by atoms with Gasteiger partial charge in [0.1, 0.15) is 37.2 Å². The summed E-state index contributed by atoms with van der Waals surface area (Å²) in [6, 6.07) is 6.00. The van der Waals surface area contributed by atoms with Gasteiger partial charge in [-0.15, -0.1) is 0 Å². The molecule has 1 aromatic carbocycles. The third kappa shape index (κ3) is 2.82. The van der Waals surface area contributed by atoms with Crippen LogP contribution in [0.3, 0.4) is 0 Å². The van der Waals surface area contributed by atoms with E-state index in [1.807, 2.05) is 0 Å². The van der Waals surface area contributed by atoms with Crippen molar-refractivity contribution in [1.29, 1.82) is 0 Å². The number of pyridine rings is 1. The highest BCUT2D eigenvalue weighted by molar-refractivity contribution is 5.71. The van der Waals surface area contributed by atoms with Crippen LogP contribution in [0, 0.1) is 5.82 Å². The van der Waals surface area contributed by atoms with Gasteiger partial charge in [-0.3, -0.25) is 0 Å². The summed E-state index contributed by atoms with van der Waals surface area (Å²) < 4.78 is 72.4. The number of aliphatic hydroxyl groups is 1. The summed E-state index contributed by atoms with van der Waals surface area (Å²) in [4.78, 5) is 4.05. The Morgan fingerprint density at radius 3 is 2.38 bits per heavy atom. The Labute approximate surface area is 146 Å². The van der Waals surface area contributed by atoms with Crippen LogP contribution in [0.5, 0.6) is 5.75 Å². The molecule has 3 rings (SSSR count). The van der Waals surface area contributed by atoms with Crippen molar-refractivity contribution in [3.05, 3.63) is 47.4 Å². The van der Waals surface area contributed by atoms with Crippen LogP contribution in [0.25, 0.3) is 11.3 Å². The highest BCUT2D eigenvalue weighted by Crippen LogP contribution is 2.46. The first-order valence-corrected chi connectivity index (χ1v) is 7.82. The predicted octanol–water partition coefficient (Wildman–Crippen LogP) is 3.93. The Balaban J connectivity index is 2.28. The minimum absolute atomic E-state index is 0.0159. The van der Waals surface area contributed by atoms with E-state index in [1.54, 1.807) is 0 Å². The molecule has 0 spiro atoms. The van der Waals surface area contributed by atoms with Crippen LogP contribution >= 0.6 is 0 Å². The molecular weight excluding hydrogens is 357 g/mol. The largest absolute Gasteiger partial charge is 0.490 e. The maximum absolute atomic E-state index is 13.6. The Morgan fingerprint density at radius 2 is 1.85 bits per heavy atom. The molecule has 26 heavy (non-hydrogen) atoms. The van der Waals surface area contributed by atoms with Crippen molar-refractivity contribution in [2.45, 2.75) is 24.4 Å². The van der Waals surface area contributed by atoms with Gasteiger partial charge in [-0.05, 0) is 37.3 Å². The molecule has 1 aliphatic rings. The molecule has 0 radical (unpaired) electrons. The van der Waals surface area contributed by atoms with E-state index >= 15 is 0 Å². The van der Waals surface area contributed by atoms with E-state index in [1.165, 1.54) is 12.1 Å². The molecule has 1 aromatic heterocycles. The van der Waals surface area contributed by atoms with Gasteiger partial charge in [0.05, 0.1) is 11.1 Å². The van der Waals surface area contributed by atoms with Crippen LogP contribution in [0.2, 0.25) is 0 Å². The highest BCUT2D eigenvalue weighted by atomic mass is 19.3. The van der Waals surface area contributed by atoms with Crippen molar-refractivity contribution in [2.24, 2.45) is 0 Å². The van der Waals surface area contributed by atoms with Crippen LogP contribution < -0.4 is 4.74 Å². The van der Waals surface area contributed by atoms with E-state index in [-0.39, 0.29) is 23.6 Å². The number of aromatic nitrogens is 1. The number of hydrogen-bond acceptors (Lipinski definition) is 3. The van der Waals surface area contributed by atoms with Gasteiger partial charge in [-0.2, -0.15) is 0 Å².